The molecule has 142 valence electrons. The second kappa shape index (κ2) is 7.43. The third-order valence-corrected chi connectivity index (χ3v) is 5.88. The van der Waals surface area contributed by atoms with E-state index in [0.29, 0.717) is 18.6 Å². The third kappa shape index (κ3) is 3.77. The molecule has 1 unspecified atom stereocenters. The Balaban J connectivity index is 1.80. The Hall–Kier alpha value is -2.20. The number of carbonyl (C=O) groups excluding carboxylic acids is 1. The Bertz CT molecular complexity index is 909. The number of hydrogen-bond donors (Lipinski definition) is 0. The maximum atomic E-state index is 12.1. The predicted octanol–water partition coefficient (Wildman–Crippen LogP) is 3.53. The minimum Gasteiger partial charge on any atom is -0.378 e. The van der Waals surface area contributed by atoms with E-state index in [9.17, 15) is 9.59 Å². The summed E-state index contributed by atoms with van der Waals surface area (Å²) >= 11 is 0. The number of carbonyl (C=O) groups is 1. The summed E-state index contributed by atoms with van der Waals surface area (Å²) in [5, 5.41) is 0. The van der Waals surface area contributed by atoms with E-state index in [2.05, 4.69) is 12.1 Å². The highest BCUT2D eigenvalue weighted by atomic mass is 16.5. The highest BCUT2D eigenvalue weighted by molar-refractivity contribution is 5.84. The van der Waals surface area contributed by atoms with Gasteiger partial charge in [0.25, 0.3) is 5.56 Å². The summed E-state index contributed by atoms with van der Waals surface area (Å²) < 4.78 is 7.64. The molecule has 1 aromatic heterocycles. The number of aromatic nitrogens is 1. The maximum Gasteiger partial charge on any atom is 0.253 e. The topological polar surface area (TPSA) is 48.3 Å². The molecule has 1 atom stereocenters. The molecule has 0 N–H and O–H groups in total. The summed E-state index contributed by atoms with van der Waals surface area (Å²) in [6.45, 7) is 2.70. The fraction of sp³-hybridized carbons (Fsp3) is 0.478. The van der Waals surface area contributed by atoms with Gasteiger partial charge in [0.05, 0.1) is 6.10 Å². The molecule has 27 heavy (non-hydrogen) atoms. The summed E-state index contributed by atoms with van der Waals surface area (Å²) in [6, 6.07) is 6.46. The number of fused-ring (bicyclic) bond motifs is 1. The van der Waals surface area contributed by atoms with Gasteiger partial charge in [-0.1, -0.05) is 12.1 Å². The van der Waals surface area contributed by atoms with Crippen LogP contribution in [0.4, 0.5) is 0 Å². The van der Waals surface area contributed by atoms with Gasteiger partial charge in [0.1, 0.15) is 5.78 Å². The first-order valence-electron chi connectivity index (χ1n) is 9.97. The van der Waals surface area contributed by atoms with Crippen LogP contribution in [0.3, 0.4) is 0 Å². The molecule has 4 nitrogen and oxygen atoms in total. The fourth-order valence-electron chi connectivity index (χ4n) is 4.39. The van der Waals surface area contributed by atoms with E-state index >= 15 is 0 Å². The van der Waals surface area contributed by atoms with E-state index in [1.165, 1.54) is 28.7 Å². The summed E-state index contributed by atoms with van der Waals surface area (Å²) in [7, 11) is 1.81. The maximum absolute atomic E-state index is 12.1. The molecule has 0 spiro atoms. The van der Waals surface area contributed by atoms with Crippen LogP contribution in [0.5, 0.6) is 0 Å². The van der Waals surface area contributed by atoms with Crippen molar-refractivity contribution in [1.29, 1.82) is 0 Å². The zero-order valence-corrected chi connectivity index (χ0v) is 16.2. The number of rotatable bonds is 3. The molecule has 0 bridgehead atoms. The number of ketones is 1. The SMILES string of the molecule is Cc1cc(-c2cc3c(cc2CC2CCCCO2)CC(=O)CC3)cn(C)c1=O. The Morgan fingerprint density at radius 2 is 1.96 bits per heavy atom. The molecule has 1 saturated heterocycles. The van der Waals surface area contributed by atoms with Crippen LogP contribution in [0.1, 0.15) is 47.9 Å². The van der Waals surface area contributed by atoms with Crippen LogP contribution >= 0.6 is 0 Å². The van der Waals surface area contributed by atoms with Gasteiger partial charge in [-0.15, -0.1) is 0 Å². The number of Topliss-reactive ketones (excluding diaryl/α,β-unsaturated/α-hetero) is 1. The van der Waals surface area contributed by atoms with E-state index in [-0.39, 0.29) is 11.7 Å². The monoisotopic (exact) mass is 365 g/mol. The minimum atomic E-state index is 0.0412. The van der Waals surface area contributed by atoms with Gasteiger partial charge in [-0.2, -0.15) is 0 Å². The molecule has 1 fully saturated rings. The highest BCUT2D eigenvalue weighted by Gasteiger charge is 2.22. The molecule has 4 heteroatoms. The Morgan fingerprint density at radius 1 is 1.11 bits per heavy atom. The average molecular weight is 365 g/mol. The highest BCUT2D eigenvalue weighted by Crippen LogP contribution is 2.32. The molecule has 1 aliphatic heterocycles. The number of benzene rings is 1. The summed E-state index contributed by atoms with van der Waals surface area (Å²) in [5.41, 5.74) is 6.71. The van der Waals surface area contributed by atoms with Gasteiger partial charge >= 0.3 is 0 Å². The van der Waals surface area contributed by atoms with Crippen molar-refractivity contribution in [2.24, 2.45) is 7.05 Å². The van der Waals surface area contributed by atoms with Crippen LogP contribution in [-0.4, -0.2) is 23.1 Å². The summed E-state index contributed by atoms with van der Waals surface area (Å²) in [5.74, 6) is 0.327. The van der Waals surface area contributed by atoms with Gasteiger partial charge < -0.3 is 9.30 Å². The summed E-state index contributed by atoms with van der Waals surface area (Å²) in [6.07, 6.45) is 8.45. The molecule has 0 radical (unpaired) electrons. The summed E-state index contributed by atoms with van der Waals surface area (Å²) in [4.78, 5) is 24.1. The smallest absolute Gasteiger partial charge is 0.253 e. The van der Waals surface area contributed by atoms with Crippen molar-refractivity contribution in [2.45, 2.75) is 58.0 Å². The predicted molar refractivity (Wildman–Crippen MR) is 106 cm³/mol. The van der Waals surface area contributed by atoms with Crippen LogP contribution in [-0.2, 0) is 35.8 Å². The fourth-order valence-corrected chi connectivity index (χ4v) is 4.39. The number of ether oxygens (including phenoxy) is 1. The largest absolute Gasteiger partial charge is 0.378 e. The molecule has 0 amide bonds. The first kappa shape index (κ1) is 18.2. The molecule has 2 aliphatic rings. The molecule has 1 aliphatic carbocycles. The van der Waals surface area contributed by atoms with Crippen molar-refractivity contribution < 1.29 is 9.53 Å². The lowest BCUT2D eigenvalue weighted by molar-refractivity contribution is -0.118. The van der Waals surface area contributed by atoms with Crippen molar-refractivity contribution in [3.8, 4) is 11.1 Å². The van der Waals surface area contributed by atoms with Crippen LogP contribution < -0.4 is 5.56 Å². The van der Waals surface area contributed by atoms with Crippen LogP contribution in [0.25, 0.3) is 11.1 Å². The number of hydrogen-bond acceptors (Lipinski definition) is 3. The molecule has 1 aromatic carbocycles. The van der Waals surface area contributed by atoms with Crippen molar-refractivity contribution in [3.63, 3.8) is 0 Å². The van der Waals surface area contributed by atoms with Crippen molar-refractivity contribution in [3.05, 3.63) is 57.0 Å². The van der Waals surface area contributed by atoms with E-state index in [0.717, 1.165) is 43.4 Å². The first-order valence-corrected chi connectivity index (χ1v) is 9.97. The first-order chi connectivity index (χ1) is 13.0. The van der Waals surface area contributed by atoms with E-state index < -0.39 is 0 Å². The molecule has 2 aromatic rings. The Morgan fingerprint density at radius 3 is 2.70 bits per heavy atom. The molecule has 2 heterocycles. The number of aryl methyl sites for hydroxylation is 3. The van der Waals surface area contributed by atoms with Crippen LogP contribution in [0.15, 0.2) is 29.2 Å². The van der Waals surface area contributed by atoms with E-state index in [4.69, 9.17) is 4.74 Å². The van der Waals surface area contributed by atoms with Gasteiger partial charge in [-0.25, -0.2) is 0 Å². The van der Waals surface area contributed by atoms with E-state index in [1.54, 1.807) is 11.6 Å². The molecule has 4 rings (SSSR count). The zero-order chi connectivity index (χ0) is 19.0. The second-order valence-electron chi connectivity index (χ2n) is 8.01. The number of nitrogens with zero attached hydrogens (tertiary/aromatic N) is 1. The Labute approximate surface area is 160 Å². The van der Waals surface area contributed by atoms with Gasteiger partial charge in [0.15, 0.2) is 0 Å². The lowest BCUT2D eigenvalue weighted by Gasteiger charge is -2.25. The Kier molecular flexibility index (Phi) is 5.00. The van der Waals surface area contributed by atoms with Crippen molar-refractivity contribution in [2.75, 3.05) is 6.61 Å². The van der Waals surface area contributed by atoms with Crippen molar-refractivity contribution in [1.82, 2.24) is 4.57 Å². The van der Waals surface area contributed by atoms with E-state index in [1.807, 2.05) is 19.2 Å². The zero-order valence-electron chi connectivity index (χ0n) is 16.2. The quantitative estimate of drug-likeness (QED) is 0.836. The lowest BCUT2D eigenvalue weighted by Crippen LogP contribution is -2.23. The lowest BCUT2D eigenvalue weighted by atomic mass is 9.84. The average Bonchev–Trinajstić information content (AvgIpc) is 2.66. The van der Waals surface area contributed by atoms with Gasteiger partial charge in [-0.05, 0) is 72.9 Å². The molecular formula is C23H27NO3. The minimum absolute atomic E-state index is 0.0412. The number of pyridine rings is 1. The van der Waals surface area contributed by atoms with Crippen LogP contribution in [0.2, 0.25) is 0 Å². The third-order valence-electron chi connectivity index (χ3n) is 5.88. The standard InChI is InChI=1S/C23H27NO3/c1-15-9-19(14-24(2)23(15)26)22-13-16-6-7-20(25)11-17(16)10-18(22)12-21-5-3-4-8-27-21/h9-10,13-14,21H,3-8,11-12H2,1-2H3. The van der Waals surface area contributed by atoms with Crippen molar-refractivity contribution >= 4 is 5.78 Å². The molecular weight excluding hydrogens is 338 g/mol. The molecule has 0 saturated carbocycles. The second-order valence-corrected chi connectivity index (χ2v) is 8.01. The van der Waals surface area contributed by atoms with Gasteiger partial charge in [-0.3, -0.25) is 9.59 Å². The van der Waals surface area contributed by atoms with Gasteiger partial charge in [0, 0.05) is 38.3 Å². The van der Waals surface area contributed by atoms with Crippen LogP contribution in [0, 0.1) is 6.92 Å². The van der Waals surface area contributed by atoms with Gasteiger partial charge in [0.2, 0.25) is 0 Å². The normalized spacial score (nSPS) is 19.8.